The molecular formula is C18H25N3O. The van der Waals surface area contributed by atoms with Gasteiger partial charge in [0.05, 0.1) is 23.2 Å². The summed E-state index contributed by atoms with van der Waals surface area (Å²) in [6.07, 6.45) is 5.53. The molecule has 0 unspecified atom stereocenters. The maximum atomic E-state index is 10.2. The predicted molar refractivity (Wildman–Crippen MR) is 89.7 cm³/mol. The number of likely N-dealkylation sites (tertiary alicyclic amines) is 1. The zero-order valence-electron chi connectivity index (χ0n) is 13.3. The second-order valence-corrected chi connectivity index (χ2v) is 6.19. The average molecular weight is 299 g/mol. The van der Waals surface area contributed by atoms with E-state index in [0.717, 1.165) is 43.7 Å². The lowest BCUT2D eigenvalue weighted by atomic mass is 10.1. The van der Waals surface area contributed by atoms with Crippen LogP contribution in [0.25, 0.3) is 11.0 Å². The smallest absolute Gasteiger partial charge is 0.127 e. The molecule has 1 aromatic heterocycles. The van der Waals surface area contributed by atoms with Gasteiger partial charge >= 0.3 is 0 Å². The summed E-state index contributed by atoms with van der Waals surface area (Å²) in [7, 11) is 2.09. The van der Waals surface area contributed by atoms with Crippen LogP contribution in [-0.2, 0) is 7.05 Å². The maximum absolute atomic E-state index is 10.2. The number of hydrogen-bond donors (Lipinski definition) is 1. The van der Waals surface area contributed by atoms with Crippen LogP contribution < -0.4 is 0 Å². The molecule has 2 atom stereocenters. The van der Waals surface area contributed by atoms with E-state index in [9.17, 15) is 5.11 Å². The fourth-order valence-electron chi connectivity index (χ4n) is 3.47. The molecule has 0 amide bonds. The van der Waals surface area contributed by atoms with Crippen molar-refractivity contribution in [2.75, 3.05) is 13.1 Å². The van der Waals surface area contributed by atoms with Crippen LogP contribution in [0.3, 0.4) is 0 Å². The lowest BCUT2D eigenvalue weighted by molar-refractivity contribution is 0.0973. The molecule has 1 fully saturated rings. The number of imidazole rings is 1. The number of para-hydroxylation sites is 2. The number of aryl methyl sites for hydroxylation is 1. The van der Waals surface area contributed by atoms with Crippen molar-refractivity contribution in [1.29, 1.82) is 0 Å². The van der Waals surface area contributed by atoms with Gasteiger partial charge in [-0.2, -0.15) is 0 Å². The number of benzene rings is 1. The molecule has 2 aromatic rings. The highest BCUT2D eigenvalue weighted by Crippen LogP contribution is 2.33. The molecular weight excluding hydrogens is 274 g/mol. The summed E-state index contributed by atoms with van der Waals surface area (Å²) in [6.45, 7) is 5.49. The van der Waals surface area contributed by atoms with E-state index in [2.05, 4.69) is 41.3 Å². The second-order valence-electron chi connectivity index (χ2n) is 6.19. The first-order valence-corrected chi connectivity index (χ1v) is 8.15. The van der Waals surface area contributed by atoms with Crippen molar-refractivity contribution in [3.05, 3.63) is 42.7 Å². The molecule has 0 saturated carbocycles. The number of aliphatic hydroxyl groups excluding tert-OH is 1. The molecule has 3 rings (SSSR count). The van der Waals surface area contributed by atoms with Crippen LogP contribution in [0.4, 0.5) is 0 Å². The fourth-order valence-corrected chi connectivity index (χ4v) is 3.47. The highest BCUT2D eigenvalue weighted by atomic mass is 16.3. The largest absolute Gasteiger partial charge is 0.392 e. The Hall–Kier alpha value is -1.65. The molecule has 4 heteroatoms. The van der Waals surface area contributed by atoms with Crippen molar-refractivity contribution < 1.29 is 5.11 Å². The Labute approximate surface area is 132 Å². The number of hydrogen-bond acceptors (Lipinski definition) is 3. The third-order valence-electron chi connectivity index (χ3n) is 4.63. The quantitative estimate of drug-likeness (QED) is 0.834. The molecule has 4 nitrogen and oxygen atoms in total. The normalized spacial score (nSPS) is 20.5. The van der Waals surface area contributed by atoms with Gasteiger partial charge in [0.25, 0.3) is 0 Å². The van der Waals surface area contributed by atoms with E-state index < -0.39 is 0 Å². The van der Waals surface area contributed by atoms with E-state index in [-0.39, 0.29) is 6.10 Å². The van der Waals surface area contributed by atoms with Crippen molar-refractivity contribution in [2.45, 2.75) is 37.8 Å². The van der Waals surface area contributed by atoms with Gasteiger partial charge in [0.2, 0.25) is 0 Å². The van der Waals surface area contributed by atoms with Crippen molar-refractivity contribution >= 4 is 11.0 Å². The number of rotatable bonds is 6. The molecule has 0 bridgehead atoms. The van der Waals surface area contributed by atoms with Gasteiger partial charge in [-0.3, -0.25) is 4.90 Å². The van der Waals surface area contributed by atoms with E-state index in [1.54, 1.807) is 0 Å². The summed E-state index contributed by atoms with van der Waals surface area (Å²) in [5, 5.41) is 10.2. The number of aromatic nitrogens is 2. The van der Waals surface area contributed by atoms with Crippen LogP contribution in [-0.4, -0.2) is 38.8 Å². The molecule has 0 spiro atoms. The van der Waals surface area contributed by atoms with E-state index in [1.807, 2.05) is 12.1 Å². The Morgan fingerprint density at radius 3 is 3.05 bits per heavy atom. The van der Waals surface area contributed by atoms with E-state index >= 15 is 0 Å². The first-order chi connectivity index (χ1) is 10.7. The summed E-state index contributed by atoms with van der Waals surface area (Å²) in [5.41, 5.74) is 2.23. The van der Waals surface area contributed by atoms with Gasteiger partial charge in [0.15, 0.2) is 0 Å². The molecule has 22 heavy (non-hydrogen) atoms. The van der Waals surface area contributed by atoms with Crippen LogP contribution in [0.5, 0.6) is 0 Å². The Morgan fingerprint density at radius 1 is 1.45 bits per heavy atom. The Bertz CT molecular complexity index is 649. The summed E-state index contributed by atoms with van der Waals surface area (Å²) in [6, 6.07) is 8.58. The van der Waals surface area contributed by atoms with Crippen LogP contribution >= 0.6 is 0 Å². The van der Waals surface area contributed by atoms with E-state index in [0.29, 0.717) is 6.04 Å². The minimum atomic E-state index is -0.284. The van der Waals surface area contributed by atoms with Gasteiger partial charge in [0, 0.05) is 13.6 Å². The van der Waals surface area contributed by atoms with Crippen LogP contribution in [0, 0.1) is 0 Å². The maximum Gasteiger partial charge on any atom is 0.127 e. The Kier molecular flexibility index (Phi) is 4.60. The number of β-amino-alcohol motifs (C(OH)–C–C–N with tert-alkyl or cyclic N) is 1. The van der Waals surface area contributed by atoms with Crippen molar-refractivity contribution in [3.8, 4) is 0 Å². The highest BCUT2D eigenvalue weighted by molar-refractivity contribution is 5.75. The highest BCUT2D eigenvalue weighted by Gasteiger charge is 2.30. The molecule has 1 saturated heterocycles. The third kappa shape index (κ3) is 2.94. The number of nitrogens with zero attached hydrogens (tertiary/aromatic N) is 3. The molecule has 0 radical (unpaired) electrons. The Balaban J connectivity index is 1.79. The number of aliphatic hydroxyl groups is 1. The molecule has 118 valence electrons. The second kappa shape index (κ2) is 6.63. The summed E-state index contributed by atoms with van der Waals surface area (Å²) >= 11 is 0. The van der Waals surface area contributed by atoms with Gasteiger partial charge in [-0.15, -0.1) is 6.58 Å². The van der Waals surface area contributed by atoms with Gasteiger partial charge in [-0.1, -0.05) is 18.2 Å². The lowest BCUT2D eigenvalue weighted by Gasteiger charge is -2.26. The van der Waals surface area contributed by atoms with Gasteiger partial charge < -0.3 is 9.67 Å². The van der Waals surface area contributed by atoms with Crippen molar-refractivity contribution in [3.63, 3.8) is 0 Å². The minimum absolute atomic E-state index is 0.284. The predicted octanol–water partition coefficient (Wildman–Crippen LogP) is 3.04. The SMILES string of the molecule is C=CCC[C@H](O)CN1CCC[C@H]1c1nc2ccccc2n1C. The first kappa shape index (κ1) is 15.3. The Morgan fingerprint density at radius 2 is 2.27 bits per heavy atom. The van der Waals surface area contributed by atoms with Gasteiger partial charge in [-0.05, 0) is 44.4 Å². The zero-order valence-corrected chi connectivity index (χ0v) is 13.3. The van der Waals surface area contributed by atoms with Crippen LogP contribution in [0.2, 0.25) is 0 Å². The summed E-state index contributed by atoms with van der Waals surface area (Å²) < 4.78 is 2.20. The average Bonchev–Trinajstić information content (AvgIpc) is 3.10. The van der Waals surface area contributed by atoms with E-state index in [1.165, 1.54) is 11.9 Å². The molecule has 2 heterocycles. The first-order valence-electron chi connectivity index (χ1n) is 8.15. The molecule has 1 N–H and O–H groups in total. The lowest BCUT2D eigenvalue weighted by Crippen LogP contribution is -2.33. The number of allylic oxidation sites excluding steroid dienone is 1. The number of fused-ring (bicyclic) bond motifs is 1. The van der Waals surface area contributed by atoms with E-state index in [4.69, 9.17) is 4.98 Å². The molecule has 1 aromatic carbocycles. The standard InChI is InChI=1S/C18H25N3O/c1-3-4-8-14(22)13-21-12-7-11-17(21)18-19-15-9-5-6-10-16(15)20(18)2/h3,5-6,9-10,14,17,22H,1,4,7-8,11-13H2,2H3/t14-,17-/m0/s1. The van der Waals surface area contributed by atoms with Crippen LogP contribution in [0.15, 0.2) is 36.9 Å². The molecule has 0 aliphatic carbocycles. The zero-order chi connectivity index (χ0) is 15.5. The molecule has 1 aliphatic rings. The van der Waals surface area contributed by atoms with Crippen LogP contribution in [0.1, 0.15) is 37.5 Å². The fraction of sp³-hybridized carbons (Fsp3) is 0.500. The summed E-state index contributed by atoms with van der Waals surface area (Å²) in [4.78, 5) is 7.22. The van der Waals surface area contributed by atoms with Gasteiger partial charge in [-0.25, -0.2) is 4.98 Å². The molecule has 1 aliphatic heterocycles. The third-order valence-corrected chi connectivity index (χ3v) is 4.63. The minimum Gasteiger partial charge on any atom is -0.392 e. The van der Waals surface area contributed by atoms with Crippen molar-refractivity contribution in [2.24, 2.45) is 7.05 Å². The summed E-state index contributed by atoms with van der Waals surface area (Å²) in [5.74, 6) is 1.12. The monoisotopic (exact) mass is 299 g/mol. The topological polar surface area (TPSA) is 41.3 Å². The van der Waals surface area contributed by atoms with Crippen molar-refractivity contribution in [1.82, 2.24) is 14.5 Å². The van der Waals surface area contributed by atoms with Gasteiger partial charge in [0.1, 0.15) is 5.82 Å².